The van der Waals surface area contributed by atoms with Gasteiger partial charge in [0.05, 0.1) is 12.5 Å². The van der Waals surface area contributed by atoms with Gasteiger partial charge in [-0.2, -0.15) is 5.10 Å². The van der Waals surface area contributed by atoms with Gasteiger partial charge in [0.25, 0.3) is 5.91 Å². The summed E-state index contributed by atoms with van der Waals surface area (Å²) in [6.45, 7) is 8.55. The van der Waals surface area contributed by atoms with Crippen LogP contribution in [0, 0.1) is 24.7 Å². The molecule has 11 heteroatoms. The van der Waals surface area contributed by atoms with Crippen LogP contribution in [0.5, 0.6) is 5.75 Å². The number of rotatable bonds is 9. The summed E-state index contributed by atoms with van der Waals surface area (Å²) < 4.78 is 45.9. The summed E-state index contributed by atoms with van der Waals surface area (Å²) in [5.41, 5.74) is 3.33. The minimum absolute atomic E-state index is 0.180. The third-order valence-electron chi connectivity index (χ3n) is 7.49. The number of halogens is 3. The van der Waals surface area contributed by atoms with Gasteiger partial charge in [-0.05, 0) is 49.3 Å². The number of carbonyl (C=O) groups excluding carboxylic acids is 1. The van der Waals surface area contributed by atoms with E-state index in [4.69, 9.17) is 0 Å². The molecule has 0 bridgehead atoms. The van der Waals surface area contributed by atoms with Crippen molar-refractivity contribution in [1.29, 1.82) is 0 Å². The van der Waals surface area contributed by atoms with Crippen LogP contribution in [-0.2, 0) is 26.7 Å². The molecule has 2 fully saturated rings. The van der Waals surface area contributed by atoms with E-state index >= 15 is 0 Å². The van der Waals surface area contributed by atoms with E-state index in [-0.39, 0.29) is 18.2 Å². The second-order valence-corrected chi connectivity index (χ2v) is 10.1. The number of aromatic nitrogens is 4. The zero-order valence-corrected chi connectivity index (χ0v) is 21.1. The number of imidazole rings is 1. The van der Waals surface area contributed by atoms with Crippen molar-refractivity contribution in [2.45, 2.75) is 39.8 Å². The number of hydrogen-bond acceptors (Lipinski definition) is 5. The second-order valence-electron chi connectivity index (χ2n) is 10.1. The quantitative estimate of drug-likeness (QED) is 0.432. The topological polar surface area (TPSA) is 68.4 Å². The molecule has 198 valence electrons. The van der Waals surface area contributed by atoms with Crippen LogP contribution in [-0.4, -0.2) is 61.0 Å². The van der Waals surface area contributed by atoms with E-state index in [1.54, 1.807) is 35.1 Å². The van der Waals surface area contributed by atoms with Crippen LogP contribution in [0.1, 0.15) is 34.2 Å². The summed E-state index contributed by atoms with van der Waals surface area (Å²) in [7, 11) is 1.79. The molecular formula is C26H31F3N6O2. The largest absolute Gasteiger partial charge is 0.573 e. The molecule has 3 heterocycles. The number of fused-ring (bicyclic) bond motifs is 1. The normalized spacial score (nSPS) is 21.2. The molecule has 8 nitrogen and oxygen atoms in total. The number of carbonyl (C=O) groups is 1. The van der Waals surface area contributed by atoms with Crippen LogP contribution in [0.3, 0.4) is 0 Å². The van der Waals surface area contributed by atoms with Gasteiger partial charge >= 0.3 is 6.36 Å². The Labute approximate surface area is 213 Å². The number of alkyl halides is 3. The smallest absolute Gasteiger partial charge is 0.406 e. The van der Waals surface area contributed by atoms with Gasteiger partial charge in [0.1, 0.15) is 11.4 Å². The van der Waals surface area contributed by atoms with E-state index in [1.165, 1.54) is 29.5 Å². The summed E-state index contributed by atoms with van der Waals surface area (Å²) >= 11 is 0. The SMILES string of the molecule is CCn1ncc(CN2CC3C(C2)C3CN(Cc2cccc(OC(F)(F)F)c2)C(=O)c2cn(C)cn2)c1C. The van der Waals surface area contributed by atoms with Gasteiger partial charge in [0, 0.05) is 63.8 Å². The average Bonchev–Trinajstić information content (AvgIpc) is 3.23. The lowest BCUT2D eigenvalue weighted by Gasteiger charge is -2.25. The summed E-state index contributed by atoms with van der Waals surface area (Å²) in [5.74, 6) is 0.835. The van der Waals surface area contributed by atoms with Crippen molar-refractivity contribution in [3.63, 3.8) is 0 Å². The summed E-state index contributed by atoms with van der Waals surface area (Å²) in [6, 6.07) is 5.80. The number of ether oxygens (including phenoxy) is 1. The van der Waals surface area contributed by atoms with Crippen molar-refractivity contribution < 1.29 is 22.7 Å². The molecule has 1 aliphatic heterocycles. The van der Waals surface area contributed by atoms with E-state index < -0.39 is 6.36 Å². The van der Waals surface area contributed by atoms with Crippen LogP contribution in [0.15, 0.2) is 43.0 Å². The molecule has 1 aromatic carbocycles. The highest BCUT2D eigenvalue weighted by molar-refractivity contribution is 5.92. The highest BCUT2D eigenvalue weighted by Crippen LogP contribution is 2.52. The van der Waals surface area contributed by atoms with Crippen LogP contribution in [0.2, 0.25) is 0 Å². The third-order valence-corrected chi connectivity index (χ3v) is 7.49. The van der Waals surface area contributed by atoms with E-state index in [9.17, 15) is 18.0 Å². The second kappa shape index (κ2) is 9.85. The maximum atomic E-state index is 13.4. The van der Waals surface area contributed by atoms with Gasteiger partial charge in [-0.3, -0.25) is 14.4 Å². The van der Waals surface area contributed by atoms with Gasteiger partial charge in [-0.1, -0.05) is 12.1 Å². The highest BCUT2D eigenvalue weighted by Gasteiger charge is 2.56. The maximum absolute atomic E-state index is 13.4. The number of hydrogen-bond donors (Lipinski definition) is 0. The lowest BCUT2D eigenvalue weighted by molar-refractivity contribution is -0.274. The number of benzene rings is 1. The summed E-state index contributed by atoms with van der Waals surface area (Å²) in [5, 5.41) is 4.44. The molecule has 2 atom stereocenters. The van der Waals surface area contributed by atoms with Gasteiger partial charge in [0.15, 0.2) is 0 Å². The van der Waals surface area contributed by atoms with E-state index in [0.717, 1.165) is 26.2 Å². The molecule has 1 aliphatic carbocycles. The first-order valence-electron chi connectivity index (χ1n) is 12.5. The Morgan fingerprint density at radius 1 is 1.24 bits per heavy atom. The zero-order valence-electron chi connectivity index (χ0n) is 21.1. The van der Waals surface area contributed by atoms with Crippen molar-refractivity contribution in [2.24, 2.45) is 24.8 Å². The Hall–Kier alpha value is -3.34. The number of piperidine rings is 1. The van der Waals surface area contributed by atoms with E-state index in [0.29, 0.717) is 35.6 Å². The maximum Gasteiger partial charge on any atom is 0.573 e. The van der Waals surface area contributed by atoms with Crippen LogP contribution >= 0.6 is 0 Å². The molecule has 0 N–H and O–H groups in total. The Balaban J connectivity index is 1.25. The predicted molar refractivity (Wildman–Crippen MR) is 129 cm³/mol. The van der Waals surface area contributed by atoms with Crippen molar-refractivity contribution in [2.75, 3.05) is 19.6 Å². The fourth-order valence-corrected chi connectivity index (χ4v) is 5.56. The average molecular weight is 517 g/mol. The highest BCUT2D eigenvalue weighted by atomic mass is 19.4. The standard InChI is InChI=1S/C26H31F3N6O2/c1-4-35-17(2)19(9-31-35)11-33-12-21-22(13-33)23(21)14-34(25(36)24-15-32(3)16-30-24)10-18-6-5-7-20(8-18)37-26(27,28)29/h5-9,15-16,21-23H,4,10-14H2,1-3H3. The first kappa shape index (κ1) is 25.3. The van der Waals surface area contributed by atoms with Gasteiger partial charge in [-0.25, -0.2) is 4.98 Å². The first-order valence-corrected chi connectivity index (χ1v) is 12.5. The zero-order chi connectivity index (χ0) is 26.3. The Morgan fingerprint density at radius 3 is 2.62 bits per heavy atom. The lowest BCUT2D eigenvalue weighted by Crippen LogP contribution is -2.35. The van der Waals surface area contributed by atoms with E-state index in [2.05, 4.69) is 33.6 Å². The van der Waals surface area contributed by atoms with Crippen molar-refractivity contribution in [3.8, 4) is 5.75 Å². The summed E-state index contributed by atoms with van der Waals surface area (Å²) in [4.78, 5) is 21.7. The number of amides is 1. The van der Waals surface area contributed by atoms with Crippen molar-refractivity contribution in [1.82, 2.24) is 29.1 Å². The molecular weight excluding hydrogens is 485 g/mol. The molecule has 3 aromatic rings. The molecule has 1 saturated heterocycles. The van der Waals surface area contributed by atoms with Crippen molar-refractivity contribution >= 4 is 5.91 Å². The fourth-order valence-electron chi connectivity index (χ4n) is 5.56. The monoisotopic (exact) mass is 516 g/mol. The van der Waals surface area contributed by atoms with Crippen LogP contribution in [0.25, 0.3) is 0 Å². The van der Waals surface area contributed by atoms with Crippen LogP contribution < -0.4 is 4.74 Å². The van der Waals surface area contributed by atoms with Gasteiger partial charge < -0.3 is 14.2 Å². The predicted octanol–water partition coefficient (Wildman–Crippen LogP) is 3.86. The van der Waals surface area contributed by atoms with Gasteiger partial charge in [0.2, 0.25) is 0 Å². The lowest BCUT2D eigenvalue weighted by atomic mass is 10.1. The van der Waals surface area contributed by atoms with Crippen molar-refractivity contribution in [3.05, 3.63) is 65.5 Å². The third kappa shape index (κ3) is 5.66. The Morgan fingerprint density at radius 2 is 2.00 bits per heavy atom. The van der Waals surface area contributed by atoms with Gasteiger partial charge in [-0.15, -0.1) is 13.2 Å². The Bertz CT molecular complexity index is 1260. The Kier molecular flexibility index (Phi) is 6.74. The first-order chi connectivity index (χ1) is 17.6. The molecule has 2 unspecified atom stereocenters. The molecule has 2 aliphatic rings. The fraction of sp³-hybridized carbons (Fsp3) is 0.500. The molecule has 37 heavy (non-hydrogen) atoms. The molecule has 2 aromatic heterocycles. The van der Waals surface area contributed by atoms with Crippen LogP contribution in [0.4, 0.5) is 13.2 Å². The minimum atomic E-state index is -4.77. The number of nitrogens with zero attached hydrogens (tertiary/aromatic N) is 6. The molecule has 0 radical (unpaired) electrons. The minimum Gasteiger partial charge on any atom is -0.406 e. The molecule has 1 saturated carbocycles. The molecule has 0 spiro atoms. The molecule has 1 amide bonds. The number of likely N-dealkylation sites (tertiary alicyclic amines) is 1. The number of aryl methyl sites for hydroxylation is 2. The summed E-state index contributed by atoms with van der Waals surface area (Å²) in [6.07, 6.45) is 0.402. The van der Waals surface area contributed by atoms with E-state index in [1.807, 2.05) is 10.9 Å². The molecule has 5 rings (SSSR count).